The average Bonchev–Trinajstić information content (AvgIpc) is 3.20. The van der Waals surface area contributed by atoms with E-state index in [-0.39, 0.29) is 5.82 Å². The summed E-state index contributed by atoms with van der Waals surface area (Å²) in [5.74, 6) is -0.227. The first-order chi connectivity index (χ1) is 9.79. The largest absolute Gasteiger partial charge is 0.310 e. The maximum atomic E-state index is 14.0. The number of hydrogen-bond acceptors (Lipinski definition) is 2. The van der Waals surface area contributed by atoms with Crippen LogP contribution in [0.25, 0.3) is 5.69 Å². The minimum Gasteiger partial charge on any atom is -0.310 e. The SMILES string of the molecule is CCCc1c(CNC2CC2)cnn1-c1ccccc1F. The van der Waals surface area contributed by atoms with Crippen LogP contribution in [0, 0.1) is 5.82 Å². The molecule has 0 unspecified atom stereocenters. The van der Waals surface area contributed by atoms with Crippen molar-refractivity contribution in [1.82, 2.24) is 15.1 Å². The van der Waals surface area contributed by atoms with Crippen molar-refractivity contribution in [2.24, 2.45) is 0 Å². The fourth-order valence-electron chi connectivity index (χ4n) is 2.43. The second kappa shape index (κ2) is 5.75. The Balaban J connectivity index is 1.91. The van der Waals surface area contributed by atoms with Crippen molar-refractivity contribution in [1.29, 1.82) is 0 Å². The van der Waals surface area contributed by atoms with Crippen LogP contribution in [0.1, 0.15) is 37.4 Å². The van der Waals surface area contributed by atoms with E-state index in [2.05, 4.69) is 17.3 Å². The van der Waals surface area contributed by atoms with Crippen LogP contribution in [-0.2, 0) is 13.0 Å². The van der Waals surface area contributed by atoms with Crippen molar-refractivity contribution in [2.75, 3.05) is 0 Å². The van der Waals surface area contributed by atoms with E-state index in [0.717, 1.165) is 25.1 Å². The lowest BCUT2D eigenvalue weighted by molar-refractivity contribution is 0.604. The lowest BCUT2D eigenvalue weighted by atomic mass is 10.1. The van der Waals surface area contributed by atoms with Gasteiger partial charge in [-0.1, -0.05) is 25.5 Å². The normalized spacial score (nSPS) is 14.7. The molecule has 0 bridgehead atoms. The molecule has 1 N–H and O–H groups in total. The summed E-state index contributed by atoms with van der Waals surface area (Å²) in [4.78, 5) is 0. The monoisotopic (exact) mass is 273 g/mol. The van der Waals surface area contributed by atoms with Crippen LogP contribution in [-0.4, -0.2) is 15.8 Å². The highest BCUT2D eigenvalue weighted by atomic mass is 19.1. The van der Waals surface area contributed by atoms with Crippen molar-refractivity contribution in [3.8, 4) is 5.69 Å². The molecule has 0 aliphatic heterocycles. The molecule has 20 heavy (non-hydrogen) atoms. The minimum atomic E-state index is -0.227. The molecule has 0 amide bonds. The van der Waals surface area contributed by atoms with Crippen LogP contribution in [0.4, 0.5) is 4.39 Å². The summed E-state index contributed by atoms with van der Waals surface area (Å²) in [5, 5.41) is 7.90. The Bertz CT molecular complexity index is 587. The van der Waals surface area contributed by atoms with Gasteiger partial charge in [-0.05, 0) is 31.4 Å². The number of aromatic nitrogens is 2. The third-order valence-electron chi connectivity index (χ3n) is 3.68. The summed E-state index contributed by atoms with van der Waals surface area (Å²) in [7, 11) is 0. The summed E-state index contributed by atoms with van der Waals surface area (Å²) in [5.41, 5.74) is 2.83. The van der Waals surface area contributed by atoms with Crippen LogP contribution in [0.5, 0.6) is 0 Å². The zero-order valence-corrected chi connectivity index (χ0v) is 11.8. The van der Waals surface area contributed by atoms with Crippen molar-refractivity contribution in [3.63, 3.8) is 0 Å². The van der Waals surface area contributed by atoms with Gasteiger partial charge in [-0.3, -0.25) is 0 Å². The predicted octanol–water partition coefficient (Wildman–Crippen LogP) is 3.22. The van der Waals surface area contributed by atoms with Crippen LogP contribution in [0.2, 0.25) is 0 Å². The number of halogens is 1. The van der Waals surface area contributed by atoms with Gasteiger partial charge in [0.2, 0.25) is 0 Å². The molecule has 1 aromatic carbocycles. The maximum absolute atomic E-state index is 14.0. The highest BCUT2D eigenvalue weighted by Crippen LogP contribution is 2.22. The van der Waals surface area contributed by atoms with Gasteiger partial charge in [0.05, 0.1) is 6.20 Å². The average molecular weight is 273 g/mol. The molecular weight excluding hydrogens is 253 g/mol. The third kappa shape index (κ3) is 2.75. The fourth-order valence-corrected chi connectivity index (χ4v) is 2.43. The van der Waals surface area contributed by atoms with Gasteiger partial charge in [0.1, 0.15) is 11.5 Å². The minimum absolute atomic E-state index is 0.227. The van der Waals surface area contributed by atoms with Gasteiger partial charge in [0, 0.05) is 23.8 Å². The molecule has 3 rings (SSSR count). The zero-order chi connectivity index (χ0) is 13.9. The Morgan fingerprint density at radius 1 is 1.35 bits per heavy atom. The molecule has 1 aliphatic rings. The molecule has 0 radical (unpaired) electrons. The zero-order valence-electron chi connectivity index (χ0n) is 11.8. The van der Waals surface area contributed by atoms with Crippen LogP contribution < -0.4 is 5.32 Å². The summed E-state index contributed by atoms with van der Waals surface area (Å²) in [6.07, 6.45) is 6.34. The van der Waals surface area contributed by atoms with Crippen molar-refractivity contribution < 1.29 is 4.39 Å². The second-order valence-electron chi connectivity index (χ2n) is 5.38. The molecule has 0 atom stereocenters. The quantitative estimate of drug-likeness (QED) is 0.876. The second-order valence-corrected chi connectivity index (χ2v) is 5.38. The third-order valence-corrected chi connectivity index (χ3v) is 3.68. The fraction of sp³-hybridized carbons (Fsp3) is 0.438. The molecule has 0 spiro atoms. The summed E-state index contributed by atoms with van der Waals surface area (Å²) < 4.78 is 15.7. The standard InChI is InChI=1S/C16H20FN3/c1-2-5-15-12(10-18-13-8-9-13)11-19-20(15)16-7-4-3-6-14(16)17/h3-4,6-7,11,13,18H,2,5,8-10H2,1H3. The van der Waals surface area contributed by atoms with Gasteiger partial charge >= 0.3 is 0 Å². The number of nitrogens with one attached hydrogen (secondary N) is 1. The molecule has 0 saturated heterocycles. The molecule has 1 fully saturated rings. The Labute approximate surface area is 118 Å². The van der Waals surface area contributed by atoms with E-state index in [1.54, 1.807) is 16.8 Å². The lowest BCUT2D eigenvalue weighted by Gasteiger charge is -2.10. The van der Waals surface area contributed by atoms with E-state index in [9.17, 15) is 4.39 Å². The first kappa shape index (κ1) is 13.3. The van der Waals surface area contributed by atoms with Gasteiger partial charge in [-0.15, -0.1) is 0 Å². The molecule has 1 aromatic heterocycles. The van der Waals surface area contributed by atoms with Crippen LogP contribution >= 0.6 is 0 Å². The number of nitrogens with zero attached hydrogens (tertiary/aromatic N) is 2. The number of benzene rings is 1. The molecule has 4 heteroatoms. The maximum Gasteiger partial charge on any atom is 0.148 e. The van der Waals surface area contributed by atoms with Crippen molar-refractivity contribution in [3.05, 3.63) is 47.5 Å². The van der Waals surface area contributed by atoms with Crippen LogP contribution in [0.15, 0.2) is 30.5 Å². The number of rotatable bonds is 6. The van der Waals surface area contributed by atoms with Crippen molar-refractivity contribution in [2.45, 2.75) is 45.2 Å². The first-order valence-corrected chi connectivity index (χ1v) is 7.33. The summed E-state index contributed by atoms with van der Waals surface area (Å²) >= 11 is 0. The summed E-state index contributed by atoms with van der Waals surface area (Å²) in [6.45, 7) is 2.96. The Kier molecular flexibility index (Phi) is 3.83. The van der Waals surface area contributed by atoms with Gasteiger partial charge in [-0.2, -0.15) is 5.10 Å². The van der Waals surface area contributed by atoms with E-state index in [1.807, 2.05) is 12.3 Å². The number of hydrogen-bond donors (Lipinski definition) is 1. The van der Waals surface area contributed by atoms with E-state index in [4.69, 9.17) is 0 Å². The molecular formula is C16H20FN3. The van der Waals surface area contributed by atoms with E-state index in [0.29, 0.717) is 11.7 Å². The van der Waals surface area contributed by atoms with Gasteiger partial charge in [0.25, 0.3) is 0 Å². The Morgan fingerprint density at radius 2 is 2.15 bits per heavy atom. The molecule has 1 saturated carbocycles. The molecule has 1 aliphatic carbocycles. The van der Waals surface area contributed by atoms with E-state index < -0.39 is 0 Å². The molecule has 1 heterocycles. The number of para-hydroxylation sites is 1. The van der Waals surface area contributed by atoms with Crippen molar-refractivity contribution >= 4 is 0 Å². The summed E-state index contributed by atoms with van der Waals surface area (Å²) in [6, 6.07) is 7.48. The smallest absolute Gasteiger partial charge is 0.148 e. The van der Waals surface area contributed by atoms with Crippen LogP contribution in [0.3, 0.4) is 0 Å². The Morgan fingerprint density at radius 3 is 2.85 bits per heavy atom. The Hall–Kier alpha value is -1.68. The highest BCUT2D eigenvalue weighted by Gasteiger charge is 2.21. The molecule has 2 aromatic rings. The highest BCUT2D eigenvalue weighted by molar-refractivity contribution is 5.36. The predicted molar refractivity (Wildman–Crippen MR) is 77.4 cm³/mol. The van der Waals surface area contributed by atoms with E-state index in [1.165, 1.54) is 24.5 Å². The van der Waals surface area contributed by atoms with Gasteiger partial charge < -0.3 is 5.32 Å². The first-order valence-electron chi connectivity index (χ1n) is 7.33. The van der Waals surface area contributed by atoms with Gasteiger partial charge in [0.15, 0.2) is 0 Å². The van der Waals surface area contributed by atoms with E-state index >= 15 is 0 Å². The van der Waals surface area contributed by atoms with Gasteiger partial charge in [-0.25, -0.2) is 9.07 Å². The topological polar surface area (TPSA) is 29.9 Å². The molecule has 106 valence electrons. The lowest BCUT2D eigenvalue weighted by Crippen LogP contribution is -2.16. The molecule has 3 nitrogen and oxygen atoms in total.